The van der Waals surface area contributed by atoms with Gasteiger partial charge in [-0.15, -0.1) is 46.2 Å². The second-order valence-corrected chi connectivity index (χ2v) is 6.29. The summed E-state index contributed by atoms with van der Waals surface area (Å²) >= 11 is 0. The molecule has 1 aliphatic carbocycles. The van der Waals surface area contributed by atoms with Crippen molar-refractivity contribution in [1.29, 1.82) is 0 Å². The van der Waals surface area contributed by atoms with Crippen LogP contribution in [0.3, 0.4) is 0 Å². The normalized spacial score (nSPS) is 11.9. The maximum absolute atomic E-state index is 3.12. The van der Waals surface area contributed by atoms with Gasteiger partial charge < -0.3 is 2.85 Å². The Morgan fingerprint density at radius 1 is 0.957 bits per heavy atom. The Morgan fingerprint density at radius 2 is 1.43 bits per heavy atom. The summed E-state index contributed by atoms with van der Waals surface area (Å²) in [6.45, 7) is 6.36. The summed E-state index contributed by atoms with van der Waals surface area (Å²) in [4.78, 5) is 0. The summed E-state index contributed by atoms with van der Waals surface area (Å²) in [7, 11) is 1.08. The van der Waals surface area contributed by atoms with Gasteiger partial charge in [0.2, 0.25) is 0 Å². The van der Waals surface area contributed by atoms with Crippen LogP contribution in [-0.4, -0.2) is 9.52 Å². The number of allylic oxidation sites excluding steroid dienone is 4. The quantitative estimate of drug-likeness (QED) is 0.256. The molecule has 0 heterocycles. The van der Waals surface area contributed by atoms with Crippen molar-refractivity contribution < 1.29 is 28.7 Å². The van der Waals surface area contributed by atoms with Crippen LogP contribution in [0.4, 0.5) is 0 Å². The van der Waals surface area contributed by atoms with Gasteiger partial charge in [0.1, 0.15) is 0 Å². The molecule has 0 saturated heterocycles. The summed E-state index contributed by atoms with van der Waals surface area (Å²) in [5.74, 6) is 0. The summed E-state index contributed by atoms with van der Waals surface area (Å²) < 4.78 is 0. The molecule has 0 aliphatic heterocycles. The minimum absolute atomic E-state index is 0. The molecule has 0 saturated carbocycles. The number of benzene rings is 2. The fraction of sp³-hybridized carbons (Fsp3) is 0.190. The van der Waals surface area contributed by atoms with Crippen molar-refractivity contribution >= 4 is 31.1 Å². The van der Waals surface area contributed by atoms with Crippen molar-refractivity contribution in [2.45, 2.75) is 26.4 Å². The van der Waals surface area contributed by atoms with E-state index < -0.39 is 0 Å². The van der Waals surface area contributed by atoms with Gasteiger partial charge in [0.15, 0.2) is 0 Å². The molecule has 2 heteroatoms. The van der Waals surface area contributed by atoms with Crippen molar-refractivity contribution in [1.82, 2.24) is 0 Å². The van der Waals surface area contributed by atoms with Gasteiger partial charge in [0.05, 0.1) is 0 Å². The van der Waals surface area contributed by atoms with Gasteiger partial charge >= 0.3 is 25.8 Å². The van der Waals surface area contributed by atoms with Crippen LogP contribution in [0.1, 0.15) is 16.2 Å². The van der Waals surface area contributed by atoms with E-state index in [4.69, 9.17) is 0 Å². The van der Waals surface area contributed by atoms with E-state index in [0.717, 1.165) is 15.9 Å². The average Bonchev–Trinajstić information content (AvgIpc) is 3.15. The average molecular weight is 483 g/mol. The first-order valence-corrected chi connectivity index (χ1v) is 9.62. The van der Waals surface area contributed by atoms with E-state index >= 15 is 0 Å². The van der Waals surface area contributed by atoms with E-state index in [-0.39, 0.29) is 28.7 Å². The molecule has 23 heavy (non-hydrogen) atoms. The Kier molecular flexibility index (Phi) is 9.19. The molecule has 0 bridgehead atoms. The molecule has 0 amide bonds. The van der Waals surface area contributed by atoms with E-state index in [9.17, 15) is 0 Å². The molecule has 0 nitrogen and oxygen atoms in total. The van der Waals surface area contributed by atoms with Crippen LogP contribution in [0, 0.1) is 6.08 Å². The standard InChI is InChI=1S/C13H9.C6H7.C2H6Si.Hf.2H/c1-3-7-12-10(5-1)9-11-6-2-4-8-13(11)12;1-6-4-2-3-5-6;1-3-2;;;/h1-9H;2,4H,3H2,1H3;1-2H3;;;/q2*-1;;+4;2*-1. The minimum atomic E-state index is 0. The smallest absolute Gasteiger partial charge is 1.00 e. The molecule has 1 aliphatic rings. The van der Waals surface area contributed by atoms with Crippen LogP contribution in [-0.2, 0) is 25.8 Å². The fourth-order valence-electron chi connectivity index (χ4n) is 2.42. The molecule has 4 rings (SSSR count). The maximum atomic E-state index is 3.12. The largest absolute Gasteiger partial charge is 4.00 e. The minimum Gasteiger partial charge on any atom is -1.00 e. The van der Waals surface area contributed by atoms with Gasteiger partial charge in [-0.2, -0.15) is 6.08 Å². The van der Waals surface area contributed by atoms with Crippen molar-refractivity contribution in [3.05, 3.63) is 78.4 Å². The number of fused-ring (bicyclic) bond motifs is 3. The molecule has 3 aromatic carbocycles. The first-order chi connectivity index (χ1) is 10.8. The zero-order chi connectivity index (χ0) is 15.8. The first-order valence-electron chi connectivity index (χ1n) is 7.62. The second-order valence-electron chi connectivity index (χ2n) is 5.29. The second kappa shape index (κ2) is 10.6. The number of hydrogen-bond acceptors (Lipinski definition) is 0. The Morgan fingerprint density at radius 3 is 1.78 bits per heavy atom. The third kappa shape index (κ3) is 5.78. The van der Waals surface area contributed by atoms with Crippen LogP contribution < -0.4 is 0 Å². The monoisotopic (exact) mass is 484 g/mol. The third-order valence-corrected chi connectivity index (χ3v) is 3.39. The van der Waals surface area contributed by atoms with Gasteiger partial charge in [-0.3, -0.25) is 6.08 Å². The van der Waals surface area contributed by atoms with Crippen LogP contribution in [0.5, 0.6) is 0 Å². The first kappa shape index (κ1) is 19.9. The van der Waals surface area contributed by atoms with Gasteiger partial charge in [0, 0.05) is 9.52 Å². The van der Waals surface area contributed by atoms with E-state index in [1.165, 1.54) is 27.1 Å². The Hall–Kier alpha value is -1.12. The predicted molar refractivity (Wildman–Crippen MR) is 103 cm³/mol. The topological polar surface area (TPSA) is 0 Å². The SMILES string of the molecule is CC1=[C-]CC=C1.C[Si]C.[H-].[H-].[Hf+4].c1ccc2c(c1)[cH-]c1ccccc12. The van der Waals surface area contributed by atoms with Gasteiger partial charge in [-0.25, -0.2) is 11.6 Å². The van der Waals surface area contributed by atoms with Crippen LogP contribution in [0.25, 0.3) is 21.5 Å². The molecule has 2 radical (unpaired) electrons. The Bertz CT molecular complexity index is 738. The molecule has 0 aromatic heterocycles. The zero-order valence-electron chi connectivity index (χ0n) is 16.1. The van der Waals surface area contributed by atoms with Crippen LogP contribution in [0.2, 0.25) is 13.1 Å². The van der Waals surface area contributed by atoms with Crippen molar-refractivity contribution in [2.75, 3.05) is 0 Å². The summed E-state index contributed by atoms with van der Waals surface area (Å²) in [5.41, 5.74) is 1.27. The molecular weight excluding hydrogens is 459 g/mol. The number of hydrogen-bond donors (Lipinski definition) is 0. The van der Waals surface area contributed by atoms with E-state index in [1.807, 2.05) is 0 Å². The molecule has 0 fully saturated rings. The van der Waals surface area contributed by atoms with Gasteiger partial charge in [-0.1, -0.05) is 56.4 Å². The Balaban J connectivity index is 0. The molecular formula is C21H24HfSi. The van der Waals surface area contributed by atoms with Crippen LogP contribution >= 0.6 is 0 Å². The van der Waals surface area contributed by atoms with E-state index in [2.05, 4.69) is 92.8 Å². The zero-order valence-corrected chi connectivity index (χ0v) is 18.7. The number of rotatable bonds is 0. The summed E-state index contributed by atoms with van der Waals surface area (Å²) in [6.07, 6.45) is 8.33. The predicted octanol–water partition coefficient (Wildman–Crippen LogP) is 6.42. The van der Waals surface area contributed by atoms with E-state index in [0.29, 0.717) is 0 Å². The molecule has 0 unspecified atom stereocenters. The summed E-state index contributed by atoms with van der Waals surface area (Å²) in [6, 6.07) is 19.3. The van der Waals surface area contributed by atoms with Crippen molar-refractivity contribution in [3.8, 4) is 0 Å². The van der Waals surface area contributed by atoms with E-state index in [1.54, 1.807) is 0 Å². The van der Waals surface area contributed by atoms with Crippen molar-refractivity contribution in [3.63, 3.8) is 0 Å². The molecule has 0 atom stereocenters. The maximum Gasteiger partial charge on any atom is 4.00 e. The molecule has 0 spiro atoms. The molecule has 0 N–H and O–H groups in total. The van der Waals surface area contributed by atoms with Crippen molar-refractivity contribution in [2.24, 2.45) is 0 Å². The third-order valence-electron chi connectivity index (χ3n) is 3.39. The van der Waals surface area contributed by atoms with Crippen LogP contribution in [0.15, 0.2) is 72.3 Å². The fourth-order valence-corrected chi connectivity index (χ4v) is 2.42. The van der Waals surface area contributed by atoms with Gasteiger partial charge in [-0.05, 0) is 0 Å². The molecule has 3 aromatic rings. The summed E-state index contributed by atoms with van der Waals surface area (Å²) in [5, 5.41) is 5.39. The van der Waals surface area contributed by atoms with Gasteiger partial charge in [0.25, 0.3) is 0 Å². The molecule has 116 valence electrons. The Labute approximate surface area is 164 Å².